The highest BCUT2D eigenvalue weighted by Gasteiger charge is 2.31. The summed E-state index contributed by atoms with van der Waals surface area (Å²) >= 11 is 5.03. The van der Waals surface area contributed by atoms with Gasteiger partial charge in [0, 0.05) is 28.6 Å². The summed E-state index contributed by atoms with van der Waals surface area (Å²) < 4.78 is 0. The Morgan fingerprint density at radius 3 is 2.69 bits per heavy atom. The molecule has 0 saturated carbocycles. The van der Waals surface area contributed by atoms with Gasteiger partial charge in [-0.2, -0.15) is 0 Å². The lowest BCUT2D eigenvalue weighted by atomic mass is 9.93. The largest absolute Gasteiger partial charge is 0.287 e. The number of hydrogen-bond acceptors (Lipinski definition) is 3. The van der Waals surface area contributed by atoms with Crippen molar-refractivity contribution in [3.8, 4) is 0 Å². The molecule has 2 heterocycles. The molecule has 1 aliphatic heterocycles. The third-order valence-electron chi connectivity index (χ3n) is 2.57. The Bertz CT molecular complexity index is 410. The van der Waals surface area contributed by atoms with Crippen molar-refractivity contribution in [1.82, 2.24) is 4.98 Å². The van der Waals surface area contributed by atoms with Crippen LogP contribution in [0.3, 0.4) is 0 Å². The number of carbonyl (C=O) groups is 1. The summed E-state index contributed by atoms with van der Waals surface area (Å²) in [6.45, 7) is 7.12. The van der Waals surface area contributed by atoms with Gasteiger partial charge in [-0.3, -0.25) is 9.69 Å². The van der Waals surface area contributed by atoms with Gasteiger partial charge in [-0.05, 0) is 0 Å². The van der Waals surface area contributed by atoms with Crippen molar-refractivity contribution in [2.24, 2.45) is 0 Å². The van der Waals surface area contributed by atoms with E-state index < -0.39 is 0 Å². The number of aromatic nitrogens is 1. The zero-order valence-electron chi connectivity index (χ0n) is 9.66. The van der Waals surface area contributed by atoms with Gasteiger partial charge in [0.25, 0.3) is 0 Å². The molecule has 1 aromatic heterocycles. The van der Waals surface area contributed by atoms with Crippen molar-refractivity contribution < 1.29 is 4.79 Å². The average molecular weight is 303 g/mol. The number of anilines is 1. The fraction of sp³-hybridized carbons (Fsp3) is 0.636. The Morgan fingerprint density at radius 1 is 1.56 bits per heavy atom. The molecule has 0 spiro atoms. The van der Waals surface area contributed by atoms with E-state index >= 15 is 0 Å². The van der Waals surface area contributed by atoms with Crippen molar-refractivity contribution >= 4 is 38.3 Å². The van der Waals surface area contributed by atoms with Crippen LogP contribution in [0.4, 0.5) is 5.13 Å². The maximum absolute atomic E-state index is 11.7. The fourth-order valence-electron chi connectivity index (χ4n) is 1.58. The van der Waals surface area contributed by atoms with Gasteiger partial charge < -0.3 is 0 Å². The molecule has 88 valence electrons. The maximum Gasteiger partial charge on any atom is 0.230 e. The first-order valence-corrected chi connectivity index (χ1v) is 7.08. The minimum atomic E-state index is 0.0469. The molecule has 1 saturated heterocycles. The summed E-state index contributed by atoms with van der Waals surface area (Å²) in [5, 5.41) is 2.88. The van der Waals surface area contributed by atoms with Crippen LogP contribution >= 0.6 is 27.3 Å². The van der Waals surface area contributed by atoms with Crippen LogP contribution in [0.1, 0.15) is 32.9 Å². The van der Waals surface area contributed by atoms with E-state index in [9.17, 15) is 4.79 Å². The number of carbonyl (C=O) groups excluding carboxylic acids is 1. The summed E-state index contributed by atoms with van der Waals surface area (Å²) in [6.07, 6.45) is 0.574. The van der Waals surface area contributed by atoms with E-state index in [0.29, 0.717) is 6.42 Å². The van der Waals surface area contributed by atoms with Gasteiger partial charge in [-0.1, -0.05) is 36.7 Å². The smallest absolute Gasteiger partial charge is 0.230 e. The van der Waals surface area contributed by atoms with Gasteiger partial charge in [0.1, 0.15) is 0 Å². The molecule has 0 aromatic carbocycles. The van der Waals surface area contributed by atoms with Crippen LogP contribution in [0.15, 0.2) is 5.38 Å². The molecular formula is C11H15BrN2OS. The predicted molar refractivity (Wildman–Crippen MR) is 70.5 cm³/mol. The van der Waals surface area contributed by atoms with Crippen LogP contribution in [-0.2, 0) is 10.2 Å². The van der Waals surface area contributed by atoms with Crippen LogP contribution < -0.4 is 4.90 Å². The molecule has 5 heteroatoms. The summed E-state index contributed by atoms with van der Waals surface area (Å²) in [5.41, 5.74) is 1.10. The second-order valence-corrected chi connectivity index (χ2v) is 7.20. The van der Waals surface area contributed by atoms with E-state index in [1.807, 2.05) is 5.38 Å². The van der Waals surface area contributed by atoms with Gasteiger partial charge in [0.15, 0.2) is 5.13 Å². The molecule has 2 rings (SSSR count). The Morgan fingerprint density at radius 2 is 2.25 bits per heavy atom. The fourth-order valence-corrected chi connectivity index (χ4v) is 3.23. The van der Waals surface area contributed by atoms with Crippen molar-refractivity contribution in [1.29, 1.82) is 0 Å². The van der Waals surface area contributed by atoms with Gasteiger partial charge in [0.05, 0.1) is 5.69 Å². The summed E-state index contributed by atoms with van der Waals surface area (Å²) in [6, 6.07) is 0. The number of amides is 1. The zero-order chi connectivity index (χ0) is 11.9. The van der Waals surface area contributed by atoms with E-state index in [1.165, 1.54) is 0 Å². The first-order valence-electron chi connectivity index (χ1n) is 5.28. The molecule has 0 bridgehead atoms. The van der Waals surface area contributed by atoms with E-state index in [1.54, 1.807) is 16.2 Å². The quantitative estimate of drug-likeness (QED) is 0.747. The molecule has 0 aliphatic carbocycles. The number of nitrogens with zero attached hydrogens (tertiary/aromatic N) is 2. The Balaban J connectivity index is 2.23. The number of alkyl halides is 1. The third kappa shape index (κ3) is 2.30. The van der Waals surface area contributed by atoms with E-state index in [-0.39, 0.29) is 16.1 Å². The molecule has 1 amide bonds. The van der Waals surface area contributed by atoms with Crippen LogP contribution in [0.2, 0.25) is 0 Å². The minimum absolute atomic E-state index is 0.0469. The van der Waals surface area contributed by atoms with Crippen molar-refractivity contribution in [2.45, 2.75) is 37.4 Å². The molecule has 0 radical (unpaired) electrons. The highest BCUT2D eigenvalue weighted by atomic mass is 79.9. The summed E-state index contributed by atoms with van der Waals surface area (Å²) in [4.78, 5) is 18.3. The highest BCUT2D eigenvalue weighted by Crippen LogP contribution is 2.31. The predicted octanol–water partition coefficient (Wildman–Crippen LogP) is 2.94. The number of hydrogen-bond donors (Lipinski definition) is 0. The van der Waals surface area contributed by atoms with Crippen LogP contribution in [0, 0.1) is 0 Å². The minimum Gasteiger partial charge on any atom is -0.287 e. The average Bonchev–Trinajstić information content (AvgIpc) is 2.70. The summed E-state index contributed by atoms with van der Waals surface area (Å²) in [5.74, 6) is 0.164. The molecule has 1 unspecified atom stereocenters. The van der Waals surface area contributed by atoms with Crippen molar-refractivity contribution in [3.05, 3.63) is 11.1 Å². The molecule has 0 N–H and O–H groups in total. The highest BCUT2D eigenvalue weighted by molar-refractivity contribution is 9.09. The number of rotatable bonds is 1. The standard InChI is InChI=1S/C11H15BrN2OS/c1-11(2,3)8-6-16-10(13-8)14-5-7(12)4-9(14)15/h6-7H,4-5H2,1-3H3. The Kier molecular flexibility index (Phi) is 3.09. The lowest BCUT2D eigenvalue weighted by Gasteiger charge is -2.15. The second-order valence-electron chi connectivity index (χ2n) is 5.07. The number of thiazole rings is 1. The molecule has 1 aliphatic rings. The molecule has 1 aromatic rings. The number of halogens is 1. The summed E-state index contributed by atoms with van der Waals surface area (Å²) in [7, 11) is 0. The molecule has 1 atom stereocenters. The lowest BCUT2D eigenvalue weighted by molar-refractivity contribution is -0.117. The third-order valence-corrected chi connectivity index (χ3v) is 4.05. The second kappa shape index (κ2) is 4.11. The van der Waals surface area contributed by atoms with Gasteiger partial charge >= 0.3 is 0 Å². The Hall–Kier alpha value is -0.420. The molecule has 3 nitrogen and oxygen atoms in total. The lowest BCUT2D eigenvalue weighted by Crippen LogP contribution is -2.24. The van der Waals surface area contributed by atoms with Gasteiger partial charge in [-0.25, -0.2) is 4.98 Å². The van der Waals surface area contributed by atoms with Crippen LogP contribution in [0.5, 0.6) is 0 Å². The monoisotopic (exact) mass is 302 g/mol. The SMILES string of the molecule is CC(C)(C)c1csc(N2CC(Br)CC2=O)n1. The van der Waals surface area contributed by atoms with E-state index in [0.717, 1.165) is 17.4 Å². The van der Waals surface area contributed by atoms with Gasteiger partial charge in [-0.15, -0.1) is 11.3 Å². The molecule has 16 heavy (non-hydrogen) atoms. The van der Waals surface area contributed by atoms with Crippen molar-refractivity contribution in [2.75, 3.05) is 11.4 Å². The maximum atomic E-state index is 11.7. The van der Waals surface area contributed by atoms with Crippen molar-refractivity contribution in [3.63, 3.8) is 0 Å². The normalized spacial score (nSPS) is 21.9. The first-order chi connectivity index (χ1) is 7.38. The van der Waals surface area contributed by atoms with Crippen LogP contribution in [-0.4, -0.2) is 22.3 Å². The molecular weight excluding hydrogens is 288 g/mol. The molecule has 1 fully saturated rings. The van der Waals surface area contributed by atoms with E-state index in [4.69, 9.17) is 0 Å². The first kappa shape index (κ1) is 12.0. The van der Waals surface area contributed by atoms with Crippen LogP contribution in [0.25, 0.3) is 0 Å². The van der Waals surface area contributed by atoms with Gasteiger partial charge in [0.2, 0.25) is 5.91 Å². The van der Waals surface area contributed by atoms with E-state index in [2.05, 4.69) is 41.7 Å². The zero-order valence-corrected chi connectivity index (χ0v) is 12.1. The Labute approximate surface area is 108 Å². The topological polar surface area (TPSA) is 33.2 Å².